The van der Waals surface area contributed by atoms with E-state index < -0.39 is 17.6 Å². The molecule has 0 saturated heterocycles. The summed E-state index contributed by atoms with van der Waals surface area (Å²) >= 11 is 1.31. The predicted octanol–water partition coefficient (Wildman–Crippen LogP) is 6.58. The van der Waals surface area contributed by atoms with Crippen LogP contribution >= 0.6 is 11.3 Å². The van der Waals surface area contributed by atoms with E-state index in [0.717, 1.165) is 17.7 Å². The monoisotopic (exact) mass is 635 g/mol. The lowest BCUT2D eigenvalue weighted by Gasteiger charge is -2.44. The first kappa shape index (κ1) is 33.1. The number of carbonyl (C=O) groups is 3. The number of nitrogens with zero attached hydrogens (tertiary/aromatic N) is 2. The molecule has 2 N–H and O–H groups in total. The summed E-state index contributed by atoms with van der Waals surface area (Å²) in [7, 11) is 2.80. The molecule has 0 unspecified atom stereocenters. The first-order valence-electron chi connectivity index (χ1n) is 14.3. The summed E-state index contributed by atoms with van der Waals surface area (Å²) in [6, 6.07) is 8.22. The minimum atomic E-state index is -1.23. The molecule has 12 heteroatoms. The van der Waals surface area contributed by atoms with Gasteiger partial charge in [0.2, 0.25) is 5.91 Å². The van der Waals surface area contributed by atoms with Crippen LogP contribution in [0, 0.1) is 0 Å². The quantitative estimate of drug-likeness (QED) is 0.114. The van der Waals surface area contributed by atoms with Crippen molar-refractivity contribution in [2.24, 2.45) is 0 Å². The fourth-order valence-electron chi connectivity index (χ4n) is 5.22. The van der Waals surface area contributed by atoms with Crippen LogP contribution in [0.4, 0.5) is 9.93 Å². The first-order chi connectivity index (χ1) is 21.6. The van der Waals surface area contributed by atoms with Gasteiger partial charge in [-0.2, -0.15) is 0 Å². The number of aryl methyl sites for hydroxylation is 1. The number of nitrogens with one attached hydrogen (secondary N) is 1. The van der Waals surface area contributed by atoms with E-state index in [-0.39, 0.29) is 30.2 Å². The van der Waals surface area contributed by atoms with Gasteiger partial charge in [0.05, 0.1) is 38.5 Å². The highest BCUT2D eigenvalue weighted by Gasteiger charge is 2.44. The number of fused-ring (bicyclic) bond motifs is 1. The molecule has 2 heterocycles. The van der Waals surface area contributed by atoms with Gasteiger partial charge < -0.3 is 29.4 Å². The van der Waals surface area contributed by atoms with Crippen LogP contribution in [0.3, 0.4) is 0 Å². The Bertz CT molecular complexity index is 1590. The number of carbonyl (C=O) groups excluding carboxylic acids is 2. The third kappa shape index (κ3) is 7.63. The Morgan fingerprint density at radius 2 is 1.89 bits per heavy atom. The van der Waals surface area contributed by atoms with Crippen LogP contribution in [0.25, 0.3) is 0 Å². The number of hydrogen-bond donors (Lipinski definition) is 2. The molecule has 238 valence electrons. The van der Waals surface area contributed by atoms with Gasteiger partial charge in [-0.15, -0.1) is 24.5 Å². The standard InChI is InChI=1S/C33H37N3O8S/c1-6-8-10-22-20-45-31(34-22)35-29(37)19-33(3)25-18-28(27(41-4)16-21(25)13-14-36(33)32(39)40)44-23-11-12-24(30(38)42-5)26(17-23)43-15-9-7-2/h6-7,11-12,16-18,20H,1-2,8-10,13-15,19H2,3-5H3,(H,39,40)(H,34,35,37)/t33-/m1/s1. The van der Waals surface area contributed by atoms with Gasteiger partial charge in [-0.1, -0.05) is 12.2 Å². The Balaban J connectivity index is 1.67. The molecular formula is C33H37N3O8S. The van der Waals surface area contributed by atoms with Gasteiger partial charge in [0.15, 0.2) is 16.6 Å². The molecule has 0 fully saturated rings. The van der Waals surface area contributed by atoms with Gasteiger partial charge in [0.1, 0.15) is 17.1 Å². The summed E-state index contributed by atoms with van der Waals surface area (Å²) in [6.07, 6.45) is 4.68. The normalized spacial score (nSPS) is 15.4. The molecule has 0 saturated carbocycles. The number of carboxylic acid groups (broad SMARTS) is 1. The van der Waals surface area contributed by atoms with Crippen LogP contribution in [0.2, 0.25) is 0 Å². The molecule has 1 aromatic heterocycles. The predicted molar refractivity (Wildman–Crippen MR) is 171 cm³/mol. The second-order valence-corrected chi connectivity index (χ2v) is 11.4. The van der Waals surface area contributed by atoms with Crippen LogP contribution in [0.5, 0.6) is 23.0 Å². The Labute approximate surface area is 266 Å². The van der Waals surface area contributed by atoms with Crippen molar-refractivity contribution < 1.29 is 38.4 Å². The Morgan fingerprint density at radius 3 is 2.58 bits per heavy atom. The molecule has 3 aromatic rings. The van der Waals surface area contributed by atoms with E-state index in [4.69, 9.17) is 18.9 Å². The number of ether oxygens (including phenoxy) is 4. The first-order valence-corrected chi connectivity index (χ1v) is 15.2. The molecule has 0 aliphatic carbocycles. The molecule has 45 heavy (non-hydrogen) atoms. The third-order valence-electron chi connectivity index (χ3n) is 7.47. The highest BCUT2D eigenvalue weighted by atomic mass is 32.1. The molecule has 1 aliphatic rings. The van der Waals surface area contributed by atoms with Crippen molar-refractivity contribution >= 4 is 34.4 Å². The lowest BCUT2D eigenvalue weighted by atomic mass is 9.79. The number of benzene rings is 2. The minimum Gasteiger partial charge on any atom is -0.493 e. The number of esters is 1. The maximum Gasteiger partial charge on any atom is 0.408 e. The smallest absolute Gasteiger partial charge is 0.408 e. The number of allylic oxidation sites excluding steroid dienone is 1. The third-order valence-corrected chi connectivity index (χ3v) is 8.28. The van der Waals surface area contributed by atoms with Gasteiger partial charge >= 0.3 is 12.1 Å². The van der Waals surface area contributed by atoms with Gasteiger partial charge in [-0.25, -0.2) is 14.6 Å². The molecule has 1 atom stereocenters. The van der Waals surface area contributed by atoms with Crippen LogP contribution in [-0.4, -0.2) is 60.3 Å². The zero-order valence-electron chi connectivity index (χ0n) is 25.6. The van der Waals surface area contributed by atoms with Gasteiger partial charge in [-0.05, 0) is 68.0 Å². The second-order valence-electron chi connectivity index (χ2n) is 10.5. The van der Waals surface area contributed by atoms with Crippen molar-refractivity contribution in [2.45, 2.75) is 44.6 Å². The summed E-state index contributed by atoms with van der Waals surface area (Å²) in [5, 5.41) is 15.3. The average Bonchev–Trinajstić information content (AvgIpc) is 3.46. The highest BCUT2D eigenvalue weighted by Crippen LogP contribution is 2.45. The number of rotatable bonds is 14. The number of hydrogen-bond acceptors (Lipinski definition) is 9. The van der Waals surface area contributed by atoms with E-state index in [0.29, 0.717) is 53.8 Å². The molecule has 11 nitrogen and oxygen atoms in total. The zero-order chi connectivity index (χ0) is 32.6. The van der Waals surface area contributed by atoms with Crippen molar-refractivity contribution in [3.8, 4) is 23.0 Å². The maximum absolute atomic E-state index is 13.3. The summed E-state index contributed by atoms with van der Waals surface area (Å²) in [4.78, 5) is 43.9. The largest absolute Gasteiger partial charge is 0.493 e. The van der Waals surface area contributed by atoms with Crippen LogP contribution in [0.1, 0.15) is 53.4 Å². The molecule has 0 radical (unpaired) electrons. The molecule has 1 aliphatic heterocycles. The van der Waals surface area contributed by atoms with Crippen molar-refractivity contribution in [3.05, 3.63) is 83.4 Å². The van der Waals surface area contributed by atoms with E-state index in [1.54, 1.807) is 43.3 Å². The summed E-state index contributed by atoms with van der Waals surface area (Å²) in [5.74, 6) is 0.395. The van der Waals surface area contributed by atoms with E-state index in [1.807, 2.05) is 5.38 Å². The fraction of sp³-hybridized carbons (Fsp3) is 0.333. The molecular weight excluding hydrogens is 598 g/mol. The van der Waals surface area contributed by atoms with E-state index in [1.165, 1.54) is 36.5 Å². The lowest BCUT2D eigenvalue weighted by Crippen LogP contribution is -2.52. The van der Waals surface area contributed by atoms with Crippen molar-refractivity contribution in [3.63, 3.8) is 0 Å². The number of thiazole rings is 1. The summed E-state index contributed by atoms with van der Waals surface area (Å²) < 4.78 is 22.6. The second kappa shape index (κ2) is 14.8. The molecule has 4 rings (SSSR count). The number of aromatic nitrogens is 1. The fourth-order valence-corrected chi connectivity index (χ4v) is 5.98. The van der Waals surface area contributed by atoms with Crippen molar-refractivity contribution in [2.75, 3.05) is 32.7 Å². The highest BCUT2D eigenvalue weighted by molar-refractivity contribution is 7.13. The Kier molecular flexibility index (Phi) is 10.8. The topological polar surface area (TPSA) is 137 Å². The van der Waals surface area contributed by atoms with E-state index in [9.17, 15) is 19.5 Å². The Morgan fingerprint density at radius 1 is 1.11 bits per heavy atom. The van der Waals surface area contributed by atoms with E-state index >= 15 is 0 Å². The number of amides is 2. The van der Waals surface area contributed by atoms with Crippen LogP contribution in [-0.2, 0) is 27.9 Å². The number of methoxy groups -OCH3 is 2. The van der Waals surface area contributed by atoms with Crippen LogP contribution in [0.15, 0.2) is 61.0 Å². The van der Waals surface area contributed by atoms with Crippen molar-refractivity contribution in [1.82, 2.24) is 9.88 Å². The van der Waals surface area contributed by atoms with Gasteiger partial charge in [0, 0.05) is 18.0 Å². The van der Waals surface area contributed by atoms with Crippen LogP contribution < -0.4 is 19.5 Å². The lowest BCUT2D eigenvalue weighted by molar-refractivity contribution is -0.118. The van der Waals surface area contributed by atoms with Crippen molar-refractivity contribution in [1.29, 1.82) is 0 Å². The molecule has 0 spiro atoms. The van der Waals surface area contributed by atoms with E-state index in [2.05, 4.69) is 23.5 Å². The summed E-state index contributed by atoms with van der Waals surface area (Å²) in [5.41, 5.74) is 1.29. The SMILES string of the molecule is C=CCCOc1cc(Oc2cc3c(cc2OC)CCN(C(=O)O)[C@]3(C)CC(=O)Nc2nc(CCC=C)cs2)ccc1C(=O)OC. The molecule has 0 bridgehead atoms. The van der Waals surface area contributed by atoms with Gasteiger partial charge in [-0.3, -0.25) is 9.69 Å². The maximum atomic E-state index is 13.3. The minimum absolute atomic E-state index is 0.158. The average molecular weight is 636 g/mol. The molecule has 2 aromatic carbocycles. The zero-order valence-corrected chi connectivity index (χ0v) is 26.4. The number of anilines is 1. The Hall–Kier alpha value is -4.84. The molecule has 2 amide bonds. The van der Waals surface area contributed by atoms with Gasteiger partial charge in [0.25, 0.3) is 0 Å². The summed E-state index contributed by atoms with van der Waals surface area (Å²) in [6.45, 7) is 9.63.